The van der Waals surface area contributed by atoms with Crippen LogP contribution in [0, 0.1) is 5.82 Å². The van der Waals surface area contributed by atoms with Gasteiger partial charge in [-0.2, -0.15) is 0 Å². The van der Waals surface area contributed by atoms with Gasteiger partial charge in [0.1, 0.15) is 5.82 Å². The molecule has 4 heteroatoms. The van der Waals surface area contributed by atoms with Crippen LogP contribution in [0.4, 0.5) is 4.39 Å². The topological polar surface area (TPSA) is 48.0 Å². The number of H-pyrrole nitrogens is 1. The Morgan fingerprint density at radius 2 is 2.16 bits per heavy atom. The van der Waals surface area contributed by atoms with E-state index in [1.165, 1.54) is 12.1 Å². The van der Waals surface area contributed by atoms with Crippen molar-refractivity contribution >= 4 is 10.9 Å². The number of hydrogen-bond donors (Lipinski definition) is 3. The monoisotopic (exact) mass is 264 g/mol. The van der Waals surface area contributed by atoms with Crippen LogP contribution in [-0.4, -0.2) is 28.3 Å². The first-order valence-electron chi connectivity index (χ1n) is 6.59. The highest BCUT2D eigenvalue weighted by Gasteiger charge is 2.21. The summed E-state index contributed by atoms with van der Waals surface area (Å²) in [4.78, 5) is 3.08. The molecule has 0 radical (unpaired) electrons. The van der Waals surface area contributed by atoms with E-state index in [-0.39, 0.29) is 11.9 Å². The fourth-order valence-electron chi connectivity index (χ4n) is 2.04. The number of aromatic amines is 1. The molecule has 1 atom stereocenters. The number of halogens is 1. The van der Waals surface area contributed by atoms with Gasteiger partial charge in [-0.1, -0.05) is 0 Å². The van der Waals surface area contributed by atoms with Gasteiger partial charge in [0, 0.05) is 23.1 Å². The van der Waals surface area contributed by atoms with Gasteiger partial charge in [0.15, 0.2) is 0 Å². The molecule has 0 bridgehead atoms. The Hall–Kier alpha value is -1.39. The van der Waals surface area contributed by atoms with Crippen molar-refractivity contribution in [3.8, 4) is 0 Å². The van der Waals surface area contributed by atoms with E-state index < -0.39 is 5.60 Å². The molecule has 0 aliphatic carbocycles. The molecule has 0 saturated carbocycles. The zero-order chi connectivity index (χ0) is 14.0. The third-order valence-corrected chi connectivity index (χ3v) is 3.63. The number of aliphatic hydroxyl groups is 1. The van der Waals surface area contributed by atoms with Gasteiger partial charge in [-0.05, 0) is 57.5 Å². The van der Waals surface area contributed by atoms with Crippen LogP contribution >= 0.6 is 0 Å². The van der Waals surface area contributed by atoms with Crippen molar-refractivity contribution < 1.29 is 9.50 Å². The predicted molar refractivity (Wildman–Crippen MR) is 75.7 cm³/mol. The Morgan fingerprint density at radius 3 is 2.84 bits per heavy atom. The van der Waals surface area contributed by atoms with Crippen LogP contribution in [0.15, 0.2) is 24.4 Å². The molecule has 104 valence electrons. The fraction of sp³-hybridized carbons (Fsp3) is 0.467. The van der Waals surface area contributed by atoms with E-state index in [2.05, 4.69) is 10.3 Å². The van der Waals surface area contributed by atoms with Crippen molar-refractivity contribution in [3.63, 3.8) is 0 Å². The van der Waals surface area contributed by atoms with E-state index in [4.69, 9.17) is 0 Å². The molecule has 0 saturated heterocycles. The van der Waals surface area contributed by atoms with Crippen LogP contribution in [0.5, 0.6) is 0 Å². The molecule has 19 heavy (non-hydrogen) atoms. The Bertz CT molecular complexity index is 557. The molecule has 1 heterocycles. The summed E-state index contributed by atoms with van der Waals surface area (Å²) < 4.78 is 13.1. The van der Waals surface area contributed by atoms with Gasteiger partial charge in [-0.15, -0.1) is 0 Å². The van der Waals surface area contributed by atoms with E-state index >= 15 is 0 Å². The minimum absolute atomic E-state index is 0.0233. The zero-order valence-electron chi connectivity index (χ0n) is 11.6. The minimum Gasteiger partial charge on any atom is -0.389 e. The highest BCUT2D eigenvalue weighted by atomic mass is 19.1. The van der Waals surface area contributed by atoms with Crippen LogP contribution in [-0.2, 0) is 6.42 Å². The van der Waals surface area contributed by atoms with Gasteiger partial charge in [-0.3, -0.25) is 0 Å². The first-order valence-corrected chi connectivity index (χ1v) is 6.59. The second-order valence-electron chi connectivity index (χ2n) is 5.58. The maximum absolute atomic E-state index is 13.1. The summed E-state index contributed by atoms with van der Waals surface area (Å²) in [5, 5.41) is 14.2. The maximum Gasteiger partial charge on any atom is 0.125 e. The van der Waals surface area contributed by atoms with Crippen LogP contribution in [0.1, 0.15) is 26.3 Å². The Morgan fingerprint density at radius 1 is 1.42 bits per heavy atom. The highest BCUT2D eigenvalue weighted by molar-refractivity contribution is 5.83. The van der Waals surface area contributed by atoms with Gasteiger partial charge in [0.2, 0.25) is 0 Å². The van der Waals surface area contributed by atoms with Crippen LogP contribution in [0.25, 0.3) is 10.9 Å². The smallest absolute Gasteiger partial charge is 0.125 e. The summed E-state index contributed by atoms with van der Waals surface area (Å²) >= 11 is 0. The molecule has 3 nitrogen and oxygen atoms in total. The van der Waals surface area contributed by atoms with Gasteiger partial charge in [-0.25, -0.2) is 4.39 Å². The van der Waals surface area contributed by atoms with Crippen molar-refractivity contribution in [2.75, 3.05) is 6.54 Å². The molecule has 0 aliphatic heterocycles. The molecule has 0 aliphatic rings. The van der Waals surface area contributed by atoms with E-state index in [9.17, 15) is 9.50 Å². The van der Waals surface area contributed by atoms with Gasteiger partial charge in [0.25, 0.3) is 0 Å². The molecule has 1 aromatic carbocycles. The van der Waals surface area contributed by atoms with Crippen LogP contribution < -0.4 is 5.32 Å². The zero-order valence-corrected chi connectivity index (χ0v) is 11.6. The lowest BCUT2D eigenvalue weighted by Gasteiger charge is -2.26. The Kier molecular flexibility index (Phi) is 3.92. The summed E-state index contributed by atoms with van der Waals surface area (Å²) in [5.41, 5.74) is 1.25. The summed E-state index contributed by atoms with van der Waals surface area (Å²) in [6.45, 7) is 6.32. The molecule has 0 fully saturated rings. The lowest BCUT2D eigenvalue weighted by atomic mass is 10.0. The van der Waals surface area contributed by atoms with Crippen LogP contribution in [0.2, 0.25) is 0 Å². The third kappa shape index (κ3) is 3.33. The molecular formula is C15H21FN2O. The molecule has 1 aromatic heterocycles. The van der Waals surface area contributed by atoms with Gasteiger partial charge < -0.3 is 15.4 Å². The van der Waals surface area contributed by atoms with Crippen molar-refractivity contribution in [2.24, 2.45) is 0 Å². The first-order chi connectivity index (χ1) is 8.88. The van der Waals surface area contributed by atoms with E-state index in [1.54, 1.807) is 19.9 Å². The first kappa shape index (κ1) is 14.0. The second-order valence-corrected chi connectivity index (χ2v) is 5.58. The largest absolute Gasteiger partial charge is 0.389 e. The minimum atomic E-state index is -0.733. The highest BCUT2D eigenvalue weighted by Crippen LogP contribution is 2.19. The van der Waals surface area contributed by atoms with Crippen molar-refractivity contribution in [2.45, 2.75) is 38.8 Å². The van der Waals surface area contributed by atoms with E-state index in [0.29, 0.717) is 0 Å². The number of hydrogen-bond acceptors (Lipinski definition) is 2. The molecule has 0 spiro atoms. The van der Waals surface area contributed by atoms with Crippen molar-refractivity contribution in [3.05, 3.63) is 35.8 Å². The third-order valence-electron chi connectivity index (χ3n) is 3.63. The summed E-state index contributed by atoms with van der Waals surface area (Å²) in [5.74, 6) is -0.227. The molecule has 3 N–H and O–H groups in total. The van der Waals surface area contributed by atoms with Crippen molar-refractivity contribution in [1.29, 1.82) is 0 Å². The number of fused-ring (bicyclic) bond motifs is 1. The average Bonchev–Trinajstić information content (AvgIpc) is 2.70. The van der Waals surface area contributed by atoms with Gasteiger partial charge >= 0.3 is 0 Å². The van der Waals surface area contributed by atoms with Crippen LogP contribution in [0.3, 0.4) is 0 Å². The number of benzene rings is 1. The molecule has 2 rings (SSSR count). The Labute approximate surface area is 112 Å². The molecular weight excluding hydrogens is 243 g/mol. The molecule has 0 unspecified atom stereocenters. The average molecular weight is 264 g/mol. The summed E-state index contributed by atoms with van der Waals surface area (Å²) in [7, 11) is 0. The summed E-state index contributed by atoms with van der Waals surface area (Å²) in [6, 6.07) is 4.81. The SMILES string of the molecule is C[C@@H](NCCc1c[nH]c2cc(F)ccc12)C(C)(C)O. The summed E-state index contributed by atoms with van der Waals surface area (Å²) in [6.07, 6.45) is 2.76. The number of rotatable bonds is 5. The van der Waals surface area contributed by atoms with Crippen molar-refractivity contribution in [1.82, 2.24) is 10.3 Å². The normalized spacial score (nSPS) is 13.9. The lowest BCUT2D eigenvalue weighted by molar-refractivity contribution is 0.0446. The quantitative estimate of drug-likeness (QED) is 0.777. The predicted octanol–water partition coefficient (Wildman–Crippen LogP) is 2.60. The van der Waals surface area contributed by atoms with E-state index in [0.717, 1.165) is 29.4 Å². The fourth-order valence-corrected chi connectivity index (χ4v) is 2.04. The molecule has 2 aromatic rings. The standard InChI is InChI=1S/C15H21FN2O/c1-10(15(2,3)19)17-7-6-11-9-18-14-8-12(16)4-5-13(11)14/h4-5,8-10,17-19H,6-7H2,1-3H3/t10-/m1/s1. The maximum atomic E-state index is 13.1. The lowest BCUT2D eigenvalue weighted by Crippen LogP contribution is -2.45. The van der Waals surface area contributed by atoms with E-state index in [1.807, 2.05) is 13.1 Å². The Balaban J connectivity index is 1.99. The number of aromatic nitrogens is 1. The number of nitrogens with one attached hydrogen (secondary N) is 2. The molecule has 0 amide bonds. The second kappa shape index (κ2) is 5.31. The van der Waals surface area contributed by atoms with Gasteiger partial charge in [0.05, 0.1) is 5.60 Å².